The molecule has 0 amide bonds. The number of nitrogens with one attached hydrogen (secondary N) is 1. The van der Waals surface area contributed by atoms with Crippen LogP contribution in [0.4, 0.5) is 5.69 Å². The maximum absolute atomic E-state index is 11.2. The number of hydrogen-bond donors (Lipinski definition) is 1. The van der Waals surface area contributed by atoms with Gasteiger partial charge in [-0.1, -0.05) is 30.3 Å². The highest BCUT2D eigenvalue weighted by Crippen LogP contribution is 2.34. The minimum absolute atomic E-state index is 0.0122. The van der Waals surface area contributed by atoms with Crippen LogP contribution in [0.2, 0.25) is 0 Å². The van der Waals surface area contributed by atoms with Crippen molar-refractivity contribution < 1.29 is 14.4 Å². The first-order valence-electron chi connectivity index (χ1n) is 6.79. The number of nitrogens with zero attached hydrogens (tertiary/aromatic N) is 1. The quantitative estimate of drug-likeness (QED) is 0.629. The van der Waals surface area contributed by atoms with Crippen LogP contribution in [0.5, 0.6) is 11.5 Å². The van der Waals surface area contributed by atoms with Crippen LogP contribution in [-0.4, -0.2) is 19.1 Å². The van der Waals surface area contributed by atoms with Crippen LogP contribution < -0.4 is 14.8 Å². The van der Waals surface area contributed by atoms with Crippen LogP contribution in [0.25, 0.3) is 0 Å². The summed E-state index contributed by atoms with van der Waals surface area (Å²) in [4.78, 5) is 10.8. The van der Waals surface area contributed by atoms with Crippen molar-refractivity contribution in [3.05, 3.63) is 63.7 Å². The van der Waals surface area contributed by atoms with Crippen LogP contribution in [0.3, 0.4) is 0 Å². The lowest BCUT2D eigenvalue weighted by molar-refractivity contribution is -0.385. The number of ether oxygens (including phenoxy) is 2. The molecule has 0 aromatic heterocycles. The average Bonchev–Trinajstić information content (AvgIpc) is 2.55. The monoisotopic (exact) mass is 302 g/mol. The molecule has 0 aliphatic carbocycles. The highest BCUT2D eigenvalue weighted by molar-refractivity contribution is 5.54. The summed E-state index contributed by atoms with van der Waals surface area (Å²) in [5, 5.41) is 14.4. The number of rotatable bonds is 7. The Balaban J connectivity index is 2.16. The Morgan fingerprint density at radius 1 is 1.05 bits per heavy atom. The van der Waals surface area contributed by atoms with Crippen LogP contribution in [0.1, 0.15) is 11.1 Å². The molecular formula is C16H18N2O4. The van der Waals surface area contributed by atoms with Gasteiger partial charge in [0, 0.05) is 18.7 Å². The van der Waals surface area contributed by atoms with Crippen molar-refractivity contribution in [2.75, 3.05) is 14.2 Å². The SMILES string of the molecule is COc1cc(CNCc2ccccc2)c([N+](=O)[O-])cc1OC. The Kier molecular flexibility index (Phi) is 5.32. The number of nitro benzene ring substituents is 1. The zero-order chi connectivity index (χ0) is 15.9. The van der Waals surface area contributed by atoms with Crippen molar-refractivity contribution in [2.45, 2.75) is 13.1 Å². The maximum atomic E-state index is 11.2. The summed E-state index contributed by atoms with van der Waals surface area (Å²) in [6.07, 6.45) is 0. The molecule has 6 heteroatoms. The van der Waals surface area contributed by atoms with Crippen LogP contribution in [0.15, 0.2) is 42.5 Å². The third-order valence-electron chi connectivity index (χ3n) is 3.27. The van der Waals surface area contributed by atoms with E-state index in [0.29, 0.717) is 30.2 Å². The van der Waals surface area contributed by atoms with Gasteiger partial charge in [0.15, 0.2) is 11.5 Å². The fraction of sp³-hybridized carbons (Fsp3) is 0.250. The summed E-state index contributed by atoms with van der Waals surface area (Å²) in [5.74, 6) is 0.825. The van der Waals surface area contributed by atoms with Gasteiger partial charge < -0.3 is 14.8 Å². The molecule has 0 heterocycles. The molecule has 0 saturated heterocycles. The van der Waals surface area contributed by atoms with Gasteiger partial charge in [-0.2, -0.15) is 0 Å². The first-order valence-corrected chi connectivity index (χ1v) is 6.79. The minimum atomic E-state index is -0.415. The lowest BCUT2D eigenvalue weighted by atomic mass is 10.1. The van der Waals surface area contributed by atoms with E-state index < -0.39 is 4.92 Å². The molecule has 2 aromatic carbocycles. The third-order valence-corrected chi connectivity index (χ3v) is 3.27. The Bertz CT molecular complexity index is 644. The second-order valence-corrected chi connectivity index (χ2v) is 4.68. The number of hydrogen-bond acceptors (Lipinski definition) is 5. The lowest BCUT2D eigenvalue weighted by Crippen LogP contribution is -2.14. The summed E-state index contributed by atoms with van der Waals surface area (Å²) < 4.78 is 10.3. The van der Waals surface area contributed by atoms with Crippen molar-refractivity contribution in [2.24, 2.45) is 0 Å². The van der Waals surface area contributed by atoms with E-state index in [1.807, 2.05) is 30.3 Å². The zero-order valence-electron chi connectivity index (χ0n) is 12.5. The average molecular weight is 302 g/mol. The Morgan fingerprint density at radius 2 is 1.68 bits per heavy atom. The summed E-state index contributed by atoms with van der Waals surface area (Å²) in [7, 11) is 2.96. The molecule has 2 rings (SSSR count). The first kappa shape index (κ1) is 15.8. The molecule has 0 aliphatic rings. The number of methoxy groups -OCH3 is 2. The standard InChI is InChI=1S/C16H18N2O4/c1-21-15-8-13(14(18(19)20)9-16(15)22-2)11-17-10-12-6-4-3-5-7-12/h3-9,17H,10-11H2,1-2H3. The van der Waals surface area contributed by atoms with E-state index >= 15 is 0 Å². The Morgan fingerprint density at radius 3 is 2.27 bits per heavy atom. The van der Waals surface area contributed by atoms with Gasteiger partial charge in [-0.25, -0.2) is 0 Å². The van der Waals surface area contributed by atoms with Crippen LogP contribution in [0, 0.1) is 10.1 Å². The number of nitro groups is 1. The van der Waals surface area contributed by atoms with E-state index in [9.17, 15) is 10.1 Å². The zero-order valence-corrected chi connectivity index (χ0v) is 12.5. The second kappa shape index (κ2) is 7.42. The van der Waals surface area contributed by atoms with Crippen molar-refractivity contribution in [1.82, 2.24) is 5.32 Å². The van der Waals surface area contributed by atoms with Gasteiger partial charge >= 0.3 is 0 Å². The first-order chi connectivity index (χ1) is 10.7. The van der Waals surface area contributed by atoms with E-state index in [4.69, 9.17) is 9.47 Å². The van der Waals surface area contributed by atoms with E-state index in [1.54, 1.807) is 6.07 Å². The van der Waals surface area contributed by atoms with Gasteiger partial charge in [-0.15, -0.1) is 0 Å². The molecule has 0 aliphatic heterocycles. The highest BCUT2D eigenvalue weighted by atomic mass is 16.6. The molecule has 22 heavy (non-hydrogen) atoms. The molecule has 116 valence electrons. The largest absolute Gasteiger partial charge is 0.493 e. The predicted octanol–water partition coefficient (Wildman–Crippen LogP) is 2.90. The lowest BCUT2D eigenvalue weighted by Gasteiger charge is -2.11. The summed E-state index contributed by atoms with van der Waals surface area (Å²) in [5.41, 5.74) is 1.68. The van der Waals surface area contributed by atoms with Crippen molar-refractivity contribution in [3.63, 3.8) is 0 Å². The molecule has 2 aromatic rings. The van der Waals surface area contributed by atoms with Gasteiger partial charge in [0.2, 0.25) is 0 Å². The van der Waals surface area contributed by atoms with Crippen LogP contribution >= 0.6 is 0 Å². The molecule has 0 fully saturated rings. The smallest absolute Gasteiger partial charge is 0.277 e. The fourth-order valence-corrected chi connectivity index (χ4v) is 2.16. The van der Waals surface area contributed by atoms with E-state index in [-0.39, 0.29) is 5.69 Å². The topological polar surface area (TPSA) is 73.6 Å². The third kappa shape index (κ3) is 3.73. The van der Waals surface area contributed by atoms with Crippen LogP contribution in [-0.2, 0) is 13.1 Å². The van der Waals surface area contributed by atoms with Gasteiger partial charge in [-0.05, 0) is 11.6 Å². The van der Waals surface area contributed by atoms with Gasteiger partial charge in [0.1, 0.15) is 0 Å². The molecule has 6 nitrogen and oxygen atoms in total. The van der Waals surface area contributed by atoms with Crippen molar-refractivity contribution >= 4 is 5.69 Å². The van der Waals surface area contributed by atoms with Gasteiger partial charge in [0.05, 0.1) is 25.2 Å². The molecule has 0 saturated carbocycles. The molecule has 0 unspecified atom stereocenters. The van der Waals surface area contributed by atoms with Gasteiger partial charge in [-0.3, -0.25) is 10.1 Å². The molecule has 0 bridgehead atoms. The molecule has 0 atom stereocenters. The fourth-order valence-electron chi connectivity index (χ4n) is 2.16. The summed E-state index contributed by atoms with van der Waals surface area (Å²) >= 11 is 0. The normalized spacial score (nSPS) is 10.3. The molecule has 0 radical (unpaired) electrons. The number of benzene rings is 2. The molecule has 0 spiro atoms. The van der Waals surface area contributed by atoms with E-state index in [1.165, 1.54) is 20.3 Å². The summed E-state index contributed by atoms with van der Waals surface area (Å²) in [6.45, 7) is 0.998. The van der Waals surface area contributed by atoms with E-state index in [2.05, 4.69) is 5.32 Å². The van der Waals surface area contributed by atoms with Crippen molar-refractivity contribution in [1.29, 1.82) is 0 Å². The predicted molar refractivity (Wildman–Crippen MR) is 83.2 cm³/mol. The Labute approximate surface area is 128 Å². The maximum Gasteiger partial charge on any atom is 0.277 e. The highest BCUT2D eigenvalue weighted by Gasteiger charge is 2.19. The van der Waals surface area contributed by atoms with E-state index in [0.717, 1.165) is 5.56 Å². The second-order valence-electron chi connectivity index (χ2n) is 4.68. The van der Waals surface area contributed by atoms with Gasteiger partial charge in [0.25, 0.3) is 5.69 Å². The molecular weight excluding hydrogens is 284 g/mol. The molecule has 1 N–H and O–H groups in total. The minimum Gasteiger partial charge on any atom is -0.493 e. The van der Waals surface area contributed by atoms with Crippen molar-refractivity contribution in [3.8, 4) is 11.5 Å². The Hall–Kier alpha value is -2.60. The summed E-state index contributed by atoms with van der Waals surface area (Å²) in [6, 6.07) is 12.9.